The average Bonchev–Trinajstić information content (AvgIpc) is 2.01. The van der Waals surface area contributed by atoms with Gasteiger partial charge in [-0.1, -0.05) is 0 Å². The molecule has 0 aliphatic heterocycles. The van der Waals surface area contributed by atoms with Crippen LogP contribution in [-0.4, -0.2) is 25.4 Å². The molecular weight excluding hydrogens is 167 g/mol. The van der Waals surface area contributed by atoms with Crippen molar-refractivity contribution in [2.45, 2.75) is 0 Å². The van der Waals surface area contributed by atoms with Crippen molar-refractivity contribution in [3.63, 3.8) is 0 Å². The zero-order valence-electron chi connectivity index (χ0n) is 7.18. The van der Waals surface area contributed by atoms with Gasteiger partial charge in [-0.2, -0.15) is 0 Å². The molecule has 0 amide bonds. The standard InChI is InChI=1S/C9H9BO.2H2O/c1-2-6-11-9-5-3-4-8(10)7-9;;/h2-5,7H,1,6H2;2*1H2/q+2;;/p-2. The molecule has 0 aliphatic rings. The third-order valence-corrected chi connectivity index (χ3v) is 1.23. The Balaban J connectivity index is 0. The van der Waals surface area contributed by atoms with Crippen LogP contribution in [0.1, 0.15) is 0 Å². The summed E-state index contributed by atoms with van der Waals surface area (Å²) in [5.74, 6) is 0.782. The van der Waals surface area contributed by atoms with Gasteiger partial charge in [0, 0.05) is 0 Å². The monoisotopic (exact) mass is 178 g/mol. The van der Waals surface area contributed by atoms with Crippen LogP contribution in [0.3, 0.4) is 0 Å². The Morgan fingerprint density at radius 1 is 1.38 bits per heavy atom. The van der Waals surface area contributed by atoms with Crippen LogP contribution < -0.4 is 10.2 Å². The number of hydrogen-bond donors (Lipinski definition) is 0. The average molecular weight is 178 g/mol. The van der Waals surface area contributed by atoms with E-state index in [2.05, 4.69) is 6.58 Å². The van der Waals surface area contributed by atoms with Gasteiger partial charge < -0.3 is 11.0 Å². The summed E-state index contributed by atoms with van der Waals surface area (Å²) < 4.78 is 5.24. The van der Waals surface area contributed by atoms with Crippen molar-refractivity contribution < 1.29 is 15.7 Å². The molecule has 0 radical (unpaired) electrons. The minimum Gasteiger partial charge on any atom is -0.870 e. The molecule has 13 heavy (non-hydrogen) atoms. The molecule has 0 saturated heterocycles. The third-order valence-electron chi connectivity index (χ3n) is 1.23. The quantitative estimate of drug-likeness (QED) is 0.505. The van der Waals surface area contributed by atoms with Crippen LogP contribution in [0.25, 0.3) is 0 Å². The van der Waals surface area contributed by atoms with Crippen LogP contribution >= 0.6 is 0 Å². The summed E-state index contributed by atoms with van der Waals surface area (Å²) in [6.07, 6.45) is 1.70. The minimum atomic E-state index is 0. The van der Waals surface area contributed by atoms with Crippen molar-refractivity contribution in [1.29, 1.82) is 0 Å². The molecule has 0 fully saturated rings. The first-order chi connectivity index (χ1) is 5.33. The molecule has 1 aromatic carbocycles. The molecule has 0 bridgehead atoms. The first-order valence-corrected chi connectivity index (χ1v) is 3.42. The van der Waals surface area contributed by atoms with Crippen molar-refractivity contribution in [3.8, 4) is 5.75 Å². The van der Waals surface area contributed by atoms with E-state index < -0.39 is 0 Å². The van der Waals surface area contributed by atoms with E-state index in [9.17, 15) is 0 Å². The summed E-state index contributed by atoms with van der Waals surface area (Å²) in [6, 6.07) is 7.32. The second-order valence-corrected chi connectivity index (χ2v) is 2.17. The Bertz CT molecular complexity index is 250. The molecule has 0 saturated carbocycles. The molecule has 0 heterocycles. The zero-order valence-corrected chi connectivity index (χ0v) is 7.18. The first kappa shape index (κ1) is 14.3. The van der Waals surface area contributed by atoms with Crippen molar-refractivity contribution in [2.75, 3.05) is 6.61 Å². The van der Waals surface area contributed by atoms with Gasteiger partial charge in [0.25, 0.3) is 0 Å². The predicted octanol–water partition coefficient (Wildman–Crippen LogP) is 0.692. The Kier molecular flexibility index (Phi) is 8.12. The molecule has 0 aliphatic carbocycles. The first-order valence-electron chi connectivity index (χ1n) is 3.42. The van der Waals surface area contributed by atoms with E-state index in [1.54, 1.807) is 12.1 Å². The molecule has 2 N–H and O–H groups in total. The fraction of sp³-hybridized carbons (Fsp3) is 0.111. The predicted molar refractivity (Wildman–Crippen MR) is 51.4 cm³/mol. The molecule has 68 valence electrons. The van der Waals surface area contributed by atoms with E-state index in [-0.39, 0.29) is 11.0 Å². The maximum absolute atomic E-state index is 5.52. The summed E-state index contributed by atoms with van der Waals surface area (Å²) in [5, 5.41) is 0. The summed E-state index contributed by atoms with van der Waals surface area (Å²) in [4.78, 5) is 0. The molecule has 1 rings (SSSR count). The fourth-order valence-electron chi connectivity index (χ4n) is 0.759. The van der Waals surface area contributed by atoms with Crippen molar-refractivity contribution in [1.82, 2.24) is 0 Å². The maximum atomic E-state index is 5.52. The molecule has 0 aromatic heterocycles. The molecule has 4 heteroatoms. The number of ether oxygens (including phenoxy) is 1. The molecule has 3 nitrogen and oxygen atoms in total. The van der Waals surface area contributed by atoms with Crippen LogP contribution in [-0.2, 0) is 0 Å². The Labute approximate surface area is 79.1 Å². The van der Waals surface area contributed by atoms with Crippen LogP contribution in [0.5, 0.6) is 5.75 Å². The fourth-order valence-corrected chi connectivity index (χ4v) is 0.759. The van der Waals surface area contributed by atoms with Gasteiger partial charge in [0.2, 0.25) is 0 Å². The van der Waals surface area contributed by atoms with Gasteiger partial charge in [-0.05, 0) is 0 Å². The molecule has 0 unspecified atom stereocenters. The van der Waals surface area contributed by atoms with E-state index in [1.807, 2.05) is 18.2 Å². The van der Waals surface area contributed by atoms with Crippen molar-refractivity contribution in [3.05, 3.63) is 36.9 Å². The van der Waals surface area contributed by atoms with Gasteiger partial charge in [-0.15, -0.1) is 0 Å². The van der Waals surface area contributed by atoms with E-state index in [0.717, 1.165) is 5.75 Å². The molecule has 0 atom stereocenters. The molecular formula is C9H11BO3. The third kappa shape index (κ3) is 5.06. The van der Waals surface area contributed by atoms with Gasteiger partial charge in [0.05, 0.1) is 0 Å². The van der Waals surface area contributed by atoms with Gasteiger partial charge >= 0.3 is 67.3 Å². The number of benzene rings is 1. The van der Waals surface area contributed by atoms with Crippen LogP contribution in [0.2, 0.25) is 0 Å². The zero-order chi connectivity index (χ0) is 8.10. The van der Waals surface area contributed by atoms with Crippen LogP contribution in [0.15, 0.2) is 36.9 Å². The van der Waals surface area contributed by atoms with Gasteiger partial charge in [0.15, 0.2) is 0 Å². The van der Waals surface area contributed by atoms with Gasteiger partial charge in [0.1, 0.15) is 0 Å². The normalized spacial score (nSPS) is 7.85. The van der Waals surface area contributed by atoms with Crippen LogP contribution in [0, 0.1) is 0 Å². The van der Waals surface area contributed by atoms with Crippen molar-refractivity contribution in [2.24, 2.45) is 0 Å². The minimum absolute atomic E-state index is 0. The SMILES string of the molecule is [B+2]c1cccc(OCC=C)c1.[OH-].[OH-]. The Morgan fingerprint density at radius 2 is 2.08 bits per heavy atom. The van der Waals surface area contributed by atoms with E-state index in [0.29, 0.717) is 12.1 Å². The number of hydrogen-bond acceptors (Lipinski definition) is 3. The van der Waals surface area contributed by atoms with E-state index in [4.69, 9.17) is 12.6 Å². The number of rotatable bonds is 3. The van der Waals surface area contributed by atoms with Gasteiger partial charge in [-0.25, -0.2) is 0 Å². The smallest absolute Gasteiger partial charge is 0.870 e. The van der Waals surface area contributed by atoms with E-state index >= 15 is 0 Å². The summed E-state index contributed by atoms with van der Waals surface area (Å²) >= 11 is 0. The second kappa shape index (κ2) is 7.40. The van der Waals surface area contributed by atoms with Gasteiger partial charge in [-0.3, -0.25) is 0 Å². The van der Waals surface area contributed by atoms with Crippen molar-refractivity contribution >= 4 is 13.3 Å². The second-order valence-electron chi connectivity index (χ2n) is 2.17. The summed E-state index contributed by atoms with van der Waals surface area (Å²) in [6.45, 7) is 4.06. The Hall–Kier alpha value is -1.26. The Morgan fingerprint density at radius 3 is 2.62 bits per heavy atom. The summed E-state index contributed by atoms with van der Waals surface area (Å²) in [7, 11) is 5.52. The largest absolute Gasteiger partial charge is 0.870 e. The maximum Gasteiger partial charge on any atom is -0.870 e. The topological polar surface area (TPSA) is 69.2 Å². The van der Waals surface area contributed by atoms with E-state index in [1.165, 1.54) is 0 Å². The van der Waals surface area contributed by atoms with Crippen LogP contribution in [0.4, 0.5) is 0 Å². The molecule has 0 spiro atoms. The summed E-state index contributed by atoms with van der Waals surface area (Å²) in [5.41, 5.74) is 0.714. The molecule has 1 aromatic rings.